The molecular weight excluding hydrogens is 364 g/mol. The summed E-state index contributed by atoms with van der Waals surface area (Å²) >= 11 is 0. The van der Waals surface area contributed by atoms with Crippen molar-refractivity contribution < 1.29 is 14.3 Å². The van der Waals surface area contributed by atoms with E-state index in [0.29, 0.717) is 30.5 Å². The summed E-state index contributed by atoms with van der Waals surface area (Å²) in [6.07, 6.45) is -0.239. The number of nitrogens with zero attached hydrogens (tertiary/aromatic N) is 1. The number of nitrogens with one attached hydrogen (secondary N) is 1. The Kier molecular flexibility index (Phi) is 6.70. The number of benzene rings is 2. The Hall–Kier alpha value is -2.66. The highest BCUT2D eigenvalue weighted by atomic mass is 16.5. The maximum absolute atomic E-state index is 12.4. The fraction of sp³-hybridized carbons (Fsp3) is 0.417. The molecule has 1 N–H and O–H groups in total. The van der Waals surface area contributed by atoms with Gasteiger partial charge < -0.3 is 15.0 Å². The Bertz CT molecular complexity index is 841. The first-order chi connectivity index (χ1) is 13.8. The van der Waals surface area contributed by atoms with E-state index in [2.05, 4.69) is 45.1 Å². The zero-order chi connectivity index (χ0) is 21.0. The Balaban J connectivity index is 1.58. The highest BCUT2D eigenvalue weighted by Crippen LogP contribution is 2.22. The number of hydrogen-bond donors (Lipinski definition) is 1. The molecule has 0 radical (unpaired) electrons. The molecule has 5 heteroatoms. The molecule has 1 unspecified atom stereocenters. The molecule has 5 nitrogen and oxygen atoms in total. The van der Waals surface area contributed by atoms with Gasteiger partial charge in [-0.25, -0.2) is 0 Å². The van der Waals surface area contributed by atoms with Crippen molar-refractivity contribution in [2.45, 2.75) is 45.6 Å². The van der Waals surface area contributed by atoms with E-state index in [1.54, 1.807) is 4.90 Å². The van der Waals surface area contributed by atoms with Crippen molar-refractivity contribution in [3.8, 4) is 0 Å². The monoisotopic (exact) mass is 394 g/mol. The van der Waals surface area contributed by atoms with Crippen LogP contribution in [-0.4, -0.2) is 37.6 Å². The summed E-state index contributed by atoms with van der Waals surface area (Å²) in [6.45, 7) is 9.34. The Morgan fingerprint density at radius 3 is 2.10 bits per heavy atom. The topological polar surface area (TPSA) is 58.6 Å². The first-order valence-corrected chi connectivity index (χ1v) is 10.2. The van der Waals surface area contributed by atoms with E-state index in [4.69, 9.17) is 4.74 Å². The van der Waals surface area contributed by atoms with Crippen LogP contribution >= 0.6 is 0 Å². The first kappa shape index (κ1) is 21.1. The highest BCUT2D eigenvalue weighted by Gasteiger charge is 2.27. The molecule has 1 saturated heterocycles. The number of amides is 2. The first-order valence-electron chi connectivity index (χ1n) is 10.2. The molecule has 1 fully saturated rings. The number of hydrogen-bond acceptors (Lipinski definition) is 3. The summed E-state index contributed by atoms with van der Waals surface area (Å²) in [5.41, 5.74) is 3.93. The van der Waals surface area contributed by atoms with Gasteiger partial charge in [0.05, 0.1) is 12.6 Å². The van der Waals surface area contributed by atoms with E-state index >= 15 is 0 Å². The molecule has 1 heterocycles. The van der Waals surface area contributed by atoms with Crippen LogP contribution in [0, 0.1) is 0 Å². The van der Waals surface area contributed by atoms with Crippen LogP contribution < -0.4 is 10.2 Å². The van der Waals surface area contributed by atoms with Crippen molar-refractivity contribution >= 4 is 17.5 Å². The zero-order valence-electron chi connectivity index (χ0n) is 17.6. The lowest BCUT2D eigenvalue weighted by Crippen LogP contribution is -2.50. The van der Waals surface area contributed by atoms with Gasteiger partial charge in [-0.2, -0.15) is 0 Å². The van der Waals surface area contributed by atoms with Gasteiger partial charge in [0.25, 0.3) is 11.8 Å². The van der Waals surface area contributed by atoms with Gasteiger partial charge in [-0.05, 0) is 47.2 Å². The minimum Gasteiger partial charge on any atom is -0.365 e. The van der Waals surface area contributed by atoms with Gasteiger partial charge in [0.1, 0.15) is 6.61 Å². The second-order valence-electron chi connectivity index (χ2n) is 8.17. The Labute approximate surface area is 173 Å². The van der Waals surface area contributed by atoms with Crippen LogP contribution in [0.15, 0.2) is 48.5 Å². The van der Waals surface area contributed by atoms with Gasteiger partial charge in [-0.3, -0.25) is 9.59 Å². The minimum atomic E-state index is -0.239. The van der Waals surface area contributed by atoms with E-state index in [-0.39, 0.29) is 24.5 Å². The predicted octanol–water partition coefficient (Wildman–Crippen LogP) is 4.10. The van der Waals surface area contributed by atoms with E-state index in [1.165, 1.54) is 11.1 Å². The van der Waals surface area contributed by atoms with Crippen LogP contribution in [0.1, 0.15) is 61.0 Å². The van der Waals surface area contributed by atoms with Crippen LogP contribution in [0.4, 0.5) is 5.69 Å². The van der Waals surface area contributed by atoms with Crippen LogP contribution in [-0.2, 0) is 9.53 Å². The number of rotatable bonds is 6. The van der Waals surface area contributed by atoms with Crippen LogP contribution in [0.25, 0.3) is 0 Å². The fourth-order valence-corrected chi connectivity index (χ4v) is 3.37. The van der Waals surface area contributed by atoms with Crippen LogP contribution in [0.2, 0.25) is 0 Å². The molecule has 0 aromatic heterocycles. The molecule has 154 valence electrons. The van der Waals surface area contributed by atoms with Crippen molar-refractivity contribution in [3.63, 3.8) is 0 Å². The molecule has 3 rings (SSSR count). The number of morpholine rings is 1. The number of carbonyl (C=O) groups is 2. The van der Waals surface area contributed by atoms with E-state index in [9.17, 15) is 9.59 Å². The zero-order valence-corrected chi connectivity index (χ0v) is 17.6. The summed E-state index contributed by atoms with van der Waals surface area (Å²) in [7, 11) is 0. The molecule has 1 aliphatic heterocycles. The number of carbonyl (C=O) groups excluding carboxylic acids is 2. The fourth-order valence-electron chi connectivity index (χ4n) is 3.37. The molecule has 2 aromatic rings. The Morgan fingerprint density at radius 2 is 1.55 bits per heavy atom. The van der Waals surface area contributed by atoms with E-state index in [0.717, 1.165) is 5.69 Å². The summed E-state index contributed by atoms with van der Waals surface area (Å²) < 4.78 is 5.63. The van der Waals surface area contributed by atoms with Gasteiger partial charge in [-0.1, -0.05) is 52.0 Å². The van der Waals surface area contributed by atoms with Gasteiger partial charge in [0.2, 0.25) is 0 Å². The van der Waals surface area contributed by atoms with Crippen molar-refractivity contribution in [3.05, 3.63) is 65.2 Å². The lowest BCUT2D eigenvalue weighted by Gasteiger charge is -2.33. The van der Waals surface area contributed by atoms with E-state index < -0.39 is 0 Å². The third-order valence-corrected chi connectivity index (χ3v) is 5.33. The standard InChI is InChI=1S/C24H30N2O3/c1-16(2)18-5-7-20(8-6-18)24(28)25-13-22-14-26(23(27)15-29-22)21-11-9-19(10-12-21)17(3)4/h5-12,16-17,22H,13-15H2,1-4H3,(H,25,28). The SMILES string of the molecule is CC(C)c1ccc(C(=O)NCC2CN(c3ccc(C(C)C)cc3)C(=O)CO2)cc1. The highest BCUT2D eigenvalue weighted by molar-refractivity contribution is 5.95. The largest absolute Gasteiger partial charge is 0.365 e. The summed E-state index contributed by atoms with van der Waals surface area (Å²) in [5.74, 6) is 0.686. The smallest absolute Gasteiger partial charge is 0.253 e. The molecule has 0 spiro atoms. The lowest BCUT2D eigenvalue weighted by molar-refractivity contribution is -0.129. The van der Waals surface area contributed by atoms with Crippen LogP contribution in [0.5, 0.6) is 0 Å². The molecule has 0 aliphatic carbocycles. The summed E-state index contributed by atoms with van der Waals surface area (Å²) in [5, 5.41) is 2.93. The molecule has 1 aliphatic rings. The number of anilines is 1. The average molecular weight is 395 g/mol. The second kappa shape index (κ2) is 9.23. The summed E-state index contributed by atoms with van der Waals surface area (Å²) in [4.78, 5) is 26.5. The predicted molar refractivity (Wildman–Crippen MR) is 115 cm³/mol. The second-order valence-corrected chi connectivity index (χ2v) is 8.17. The third kappa shape index (κ3) is 5.24. The van der Waals surface area contributed by atoms with E-state index in [1.807, 2.05) is 36.4 Å². The molecule has 29 heavy (non-hydrogen) atoms. The minimum absolute atomic E-state index is 0.0234. The Morgan fingerprint density at radius 1 is 1.00 bits per heavy atom. The quantitative estimate of drug-likeness (QED) is 0.803. The van der Waals surface area contributed by atoms with Gasteiger partial charge >= 0.3 is 0 Å². The van der Waals surface area contributed by atoms with Crippen molar-refractivity contribution in [1.82, 2.24) is 5.32 Å². The molecule has 2 amide bonds. The van der Waals surface area contributed by atoms with Crippen molar-refractivity contribution in [2.24, 2.45) is 0 Å². The maximum atomic E-state index is 12.4. The van der Waals surface area contributed by atoms with Gasteiger partial charge in [0, 0.05) is 17.8 Å². The molecular formula is C24H30N2O3. The molecule has 0 saturated carbocycles. The van der Waals surface area contributed by atoms with Gasteiger partial charge in [-0.15, -0.1) is 0 Å². The summed E-state index contributed by atoms with van der Waals surface area (Å²) in [6, 6.07) is 15.7. The molecule has 1 atom stereocenters. The average Bonchev–Trinajstić information content (AvgIpc) is 2.73. The number of ether oxygens (including phenoxy) is 1. The molecule has 2 aromatic carbocycles. The normalized spacial score (nSPS) is 17.1. The molecule has 0 bridgehead atoms. The van der Waals surface area contributed by atoms with Crippen molar-refractivity contribution in [2.75, 3.05) is 24.6 Å². The van der Waals surface area contributed by atoms with Crippen molar-refractivity contribution in [1.29, 1.82) is 0 Å². The van der Waals surface area contributed by atoms with Gasteiger partial charge in [0.15, 0.2) is 0 Å². The van der Waals surface area contributed by atoms with Crippen LogP contribution in [0.3, 0.4) is 0 Å². The maximum Gasteiger partial charge on any atom is 0.253 e. The lowest BCUT2D eigenvalue weighted by atomic mass is 10.0. The third-order valence-electron chi connectivity index (χ3n) is 5.33.